The van der Waals surface area contributed by atoms with Crippen molar-refractivity contribution in [2.24, 2.45) is 0 Å². The summed E-state index contributed by atoms with van der Waals surface area (Å²) in [6.45, 7) is 2.72. The van der Waals surface area contributed by atoms with Gasteiger partial charge in [0.1, 0.15) is 22.3 Å². The average molecular weight is 506 g/mol. The zero-order valence-electron chi connectivity index (χ0n) is 18.7. The van der Waals surface area contributed by atoms with E-state index >= 15 is 0 Å². The molecule has 2 aromatic carbocycles. The van der Waals surface area contributed by atoms with Gasteiger partial charge < -0.3 is 20.9 Å². The van der Waals surface area contributed by atoms with E-state index in [2.05, 4.69) is 10.3 Å². The van der Waals surface area contributed by atoms with Crippen molar-refractivity contribution in [3.05, 3.63) is 70.1 Å². The molecule has 35 heavy (non-hydrogen) atoms. The number of anilines is 3. The Morgan fingerprint density at radius 2 is 1.63 bits per heavy atom. The number of thiazole rings is 1. The Kier molecular flexibility index (Phi) is 10.5. The van der Waals surface area contributed by atoms with Crippen LogP contribution in [0.4, 0.5) is 25.4 Å². The van der Waals surface area contributed by atoms with E-state index in [1.165, 1.54) is 6.07 Å². The first-order chi connectivity index (χ1) is 15.6. The monoisotopic (exact) mass is 505 g/mol. The number of halogens is 2. The van der Waals surface area contributed by atoms with Gasteiger partial charge in [0.2, 0.25) is 5.78 Å². The number of nitrogens with one attached hydrogen (secondary N) is 1. The average Bonchev–Trinajstić information content (AvgIpc) is 3.12. The van der Waals surface area contributed by atoms with Gasteiger partial charge in [-0.05, 0) is 57.4 Å². The molecule has 1 atom stereocenters. The van der Waals surface area contributed by atoms with Crippen molar-refractivity contribution in [1.29, 1.82) is 0 Å². The van der Waals surface area contributed by atoms with Gasteiger partial charge in [-0.25, -0.2) is 13.8 Å². The summed E-state index contributed by atoms with van der Waals surface area (Å²) in [4.78, 5) is 33.1. The molecule has 0 bridgehead atoms. The molecule has 1 aromatic heterocycles. The predicted octanol–water partition coefficient (Wildman–Crippen LogP) is 5.27. The lowest BCUT2D eigenvalue weighted by atomic mass is 10.1. The summed E-state index contributed by atoms with van der Waals surface area (Å²) in [6, 6.07) is 10.0. The maximum atomic E-state index is 14.0. The molecule has 0 fully saturated rings. The highest BCUT2D eigenvalue weighted by atomic mass is 32.1. The summed E-state index contributed by atoms with van der Waals surface area (Å²) in [5.41, 5.74) is 6.30. The van der Waals surface area contributed by atoms with Crippen LogP contribution in [0.25, 0.3) is 0 Å². The lowest BCUT2D eigenvalue weighted by molar-refractivity contribution is 0.0722. The largest absolute Gasteiger partial charge is 0.382 e. The minimum absolute atomic E-state index is 0. The summed E-state index contributed by atoms with van der Waals surface area (Å²) in [5.74, 6) is -3.03. The van der Waals surface area contributed by atoms with E-state index in [9.17, 15) is 18.4 Å². The predicted molar refractivity (Wildman–Crippen MR) is 140 cm³/mol. The first kappa shape index (κ1) is 29.7. The highest BCUT2D eigenvalue weighted by molar-refractivity contribution is 7.18. The van der Waals surface area contributed by atoms with Gasteiger partial charge in [0.25, 0.3) is 5.91 Å². The Hall–Kier alpha value is -3.37. The van der Waals surface area contributed by atoms with Crippen LogP contribution < -0.4 is 11.1 Å². The first-order valence-electron chi connectivity index (χ1n) is 10.1. The summed E-state index contributed by atoms with van der Waals surface area (Å²) >= 11 is 0.890. The second-order valence-corrected chi connectivity index (χ2v) is 8.89. The van der Waals surface area contributed by atoms with Gasteiger partial charge in [-0.15, -0.1) is 0 Å². The lowest BCUT2D eigenvalue weighted by Crippen LogP contribution is -2.41. The van der Waals surface area contributed by atoms with E-state index < -0.39 is 23.0 Å². The van der Waals surface area contributed by atoms with Crippen molar-refractivity contribution in [2.45, 2.75) is 27.8 Å². The summed E-state index contributed by atoms with van der Waals surface area (Å²) < 4.78 is 28.0. The first-order valence-corrected chi connectivity index (χ1v) is 10.9. The standard InChI is InChI=1S/C23H25F2N5O2S.2CH4/c1-13(12-29(2)3)30(4)22(32)14-8-10-15(11-9-14)27-23-28-21(26)20(33-23)19(31)18-16(24)6-5-7-17(18)25;;/h5-11,13H,12,26H2,1-4H3,(H,27,28);2*1H4/t13-;;/m0../s1. The molecule has 0 saturated heterocycles. The number of carbonyl (C=O) groups excluding carboxylic acids is 2. The number of nitrogens with zero attached hydrogens (tertiary/aromatic N) is 3. The number of carbonyl (C=O) groups is 2. The number of hydrogen-bond donors (Lipinski definition) is 2. The fourth-order valence-electron chi connectivity index (χ4n) is 3.25. The zero-order valence-corrected chi connectivity index (χ0v) is 19.5. The van der Waals surface area contributed by atoms with E-state index in [1.807, 2.05) is 25.9 Å². The highest BCUT2D eigenvalue weighted by Gasteiger charge is 2.24. The number of nitrogen functional groups attached to an aromatic ring is 1. The highest BCUT2D eigenvalue weighted by Crippen LogP contribution is 2.31. The van der Waals surface area contributed by atoms with Gasteiger partial charge in [0, 0.05) is 30.9 Å². The van der Waals surface area contributed by atoms with Crippen molar-refractivity contribution in [2.75, 3.05) is 38.7 Å². The molecule has 0 aliphatic heterocycles. The molecule has 3 aromatic rings. The van der Waals surface area contributed by atoms with Crippen LogP contribution in [0.2, 0.25) is 0 Å². The second-order valence-electron chi connectivity index (χ2n) is 7.89. The fourth-order valence-corrected chi connectivity index (χ4v) is 4.10. The number of nitrogens with two attached hydrogens (primary N) is 1. The van der Waals surface area contributed by atoms with Crippen LogP contribution in [-0.2, 0) is 0 Å². The summed E-state index contributed by atoms with van der Waals surface area (Å²) in [5, 5.41) is 3.28. The maximum Gasteiger partial charge on any atom is 0.253 e. The number of hydrogen-bond acceptors (Lipinski definition) is 7. The number of aromatic nitrogens is 1. The number of amides is 1. The molecule has 7 nitrogen and oxygen atoms in total. The molecule has 1 amide bonds. The normalized spacial score (nSPS) is 11.3. The number of likely N-dealkylation sites (N-methyl/N-ethyl adjacent to an activating group) is 2. The molecular formula is C25H33F2N5O2S. The van der Waals surface area contributed by atoms with E-state index in [4.69, 9.17) is 5.73 Å². The molecular weight excluding hydrogens is 472 g/mol. The van der Waals surface area contributed by atoms with Crippen LogP contribution in [0, 0.1) is 11.6 Å². The minimum Gasteiger partial charge on any atom is -0.382 e. The van der Waals surface area contributed by atoms with Gasteiger partial charge in [0.15, 0.2) is 5.13 Å². The van der Waals surface area contributed by atoms with Crippen LogP contribution in [0.5, 0.6) is 0 Å². The van der Waals surface area contributed by atoms with E-state index in [1.54, 1.807) is 36.2 Å². The Balaban J connectivity index is 0.00000306. The molecule has 10 heteroatoms. The third kappa shape index (κ3) is 6.83. The molecule has 0 aliphatic rings. The minimum atomic E-state index is -0.965. The van der Waals surface area contributed by atoms with Gasteiger partial charge in [-0.3, -0.25) is 9.59 Å². The van der Waals surface area contributed by atoms with Crippen molar-refractivity contribution in [3.63, 3.8) is 0 Å². The van der Waals surface area contributed by atoms with Crippen LogP contribution in [0.15, 0.2) is 42.5 Å². The van der Waals surface area contributed by atoms with E-state index in [-0.39, 0.29) is 42.6 Å². The molecule has 0 aliphatic carbocycles. The molecule has 190 valence electrons. The van der Waals surface area contributed by atoms with Gasteiger partial charge in [-0.2, -0.15) is 0 Å². The molecule has 0 unspecified atom stereocenters. The smallest absolute Gasteiger partial charge is 0.253 e. The van der Waals surface area contributed by atoms with Crippen molar-refractivity contribution in [3.8, 4) is 0 Å². The maximum absolute atomic E-state index is 14.0. The fraction of sp³-hybridized carbons (Fsp3) is 0.320. The number of ketones is 1. The molecule has 0 spiro atoms. The Morgan fingerprint density at radius 1 is 1.06 bits per heavy atom. The molecule has 0 saturated carbocycles. The third-order valence-electron chi connectivity index (χ3n) is 5.04. The van der Waals surface area contributed by atoms with Gasteiger partial charge in [0.05, 0.1) is 5.56 Å². The van der Waals surface area contributed by atoms with Gasteiger partial charge in [-0.1, -0.05) is 32.3 Å². The van der Waals surface area contributed by atoms with Gasteiger partial charge >= 0.3 is 0 Å². The molecule has 0 radical (unpaired) electrons. The zero-order chi connectivity index (χ0) is 24.3. The lowest BCUT2D eigenvalue weighted by Gasteiger charge is -2.27. The van der Waals surface area contributed by atoms with E-state index in [0.29, 0.717) is 11.3 Å². The van der Waals surface area contributed by atoms with Crippen LogP contribution in [0.3, 0.4) is 0 Å². The molecule has 1 heterocycles. The summed E-state index contributed by atoms with van der Waals surface area (Å²) in [7, 11) is 5.66. The van der Waals surface area contributed by atoms with Crippen LogP contribution in [0.1, 0.15) is 47.4 Å². The molecule has 3 rings (SSSR count). The van der Waals surface area contributed by atoms with Crippen molar-refractivity contribution < 1.29 is 18.4 Å². The Labute approximate surface area is 209 Å². The Morgan fingerprint density at radius 3 is 2.17 bits per heavy atom. The second kappa shape index (κ2) is 12.4. The number of benzene rings is 2. The third-order valence-corrected chi connectivity index (χ3v) is 6.03. The quantitative estimate of drug-likeness (QED) is 0.405. The topological polar surface area (TPSA) is 91.6 Å². The van der Waals surface area contributed by atoms with Crippen LogP contribution >= 0.6 is 11.3 Å². The SMILES string of the molecule is C.C.C[C@@H](CN(C)C)N(C)C(=O)c1ccc(Nc2nc(N)c(C(=O)c3c(F)cccc3F)s2)cc1. The van der Waals surface area contributed by atoms with Crippen molar-refractivity contribution in [1.82, 2.24) is 14.8 Å². The summed E-state index contributed by atoms with van der Waals surface area (Å²) in [6.07, 6.45) is 0. The van der Waals surface area contributed by atoms with Crippen molar-refractivity contribution >= 4 is 39.7 Å². The molecule has 3 N–H and O–H groups in total. The Bertz CT molecular complexity index is 1140. The van der Waals surface area contributed by atoms with E-state index in [0.717, 1.165) is 30.0 Å². The number of rotatable bonds is 8. The van der Waals surface area contributed by atoms with Crippen LogP contribution in [-0.4, -0.2) is 60.2 Å².